The van der Waals surface area contributed by atoms with Gasteiger partial charge in [-0.25, -0.2) is 4.79 Å². The summed E-state index contributed by atoms with van der Waals surface area (Å²) in [6.45, 7) is 1.15. The third-order valence-corrected chi connectivity index (χ3v) is 7.56. The molecule has 7 atom stereocenters. The molecule has 1 aromatic rings. The van der Waals surface area contributed by atoms with Crippen LogP contribution in [0.3, 0.4) is 0 Å². The first-order chi connectivity index (χ1) is 14.2. The molecule has 30 heavy (non-hydrogen) atoms. The highest BCUT2D eigenvalue weighted by atomic mass is 16.5. The fraction of sp³-hybridized carbons (Fsp3) is 0.636. The monoisotopic (exact) mass is 419 g/mol. The Bertz CT molecular complexity index is 843. The number of nitrogens with one attached hydrogen (secondary N) is 1. The van der Waals surface area contributed by atoms with Crippen LogP contribution in [0.5, 0.6) is 5.75 Å². The van der Waals surface area contributed by atoms with Gasteiger partial charge >= 0.3 is 5.97 Å². The number of aromatic hydroxyl groups is 1. The van der Waals surface area contributed by atoms with Gasteiger partial charge in [0.2, 0.25) is 5.91 Å². The van der Waals surface area contributed by atoms with Crippen molar-refractivity contribution in [2.24, 2.45) is 17.3 Å². The van der Waals surface area contributed by atoms with E-state index in [1.54, 1.807) is 12.1 Å². The Kier molecular flexibility index (Phi) is 5.50. The molecule has 1 amide bonds. The van der Waals surface area contributed by atoms with E-state index in [0.717, 1.165) is 24.0 Å². The maximum atomic E-state index is 12.4. The second-order valence-corrected chi connectivity index (χ2v) is 9.22. The molecule has 5 N–H and O–H groups in total. The summed E-state index contributed by atoms with van der Waals surface area (Å²) in [5.41, 5.74) is 1.60. The lowest BCUT2D eigenvalue weighted by atomic mass is 9.54. The van der Waals surface area contributed by atoms with Crippen LogP contribution in [0.1, 0.15) is 55.7 Å². The van der Waals surface area contributed by atoms with Crippen LogP contribution in [0, 0.1) is 17.3 Å². The molecule has 8 nitrogen and oxygen atoms in total. The Labute approximate surface area is 174 Å². The summed E-state index contributed by atoms with van der Waals surface area (Å²) in [5.74, 6) is -0.880. The third-order valence-electron chi connectivity index (χ3n) is 7.56. The number of rotatable bonds is 5. The van der Waals surface area contributed by atoms with Crippen molar-refractivity contribution in [1.29, 1.82) is 0 Å². The quantitative estimate of drug-likeness (QED) is 0.485. The molecule has 1 aromatic carbocycles. The Balaban J connectivity index is 1.60. The first kappa shape index (κ1) is 21.1. The van der Waals surface area contributed by atoms with Gasteiger partial charge in [0.1, 0.15) is 19.0 Å². The van der Waals surface area contributed by atoms with Crippen LogP contribution in [-0.2, 0) is 14.3 Å². The second-order valence-electron chi connectivity index (χ2n) is 9.22. The minimum atomic E-state index is -1.14. The highest BCUT2D eigenvalue weighted by Crippen LogP contribution is 2.62. The number of aliphatic hydroxyl groups excluding tert-OH is 2. The van der Waals surface area contributed by atoms with Gasteiger partial charge in [-0.05, 0) is 72.1 Å². The Morgan fingerprint density at radius 3 is 2.70 bits per heavy atom. The van der Waals surface area contributed by atoms with Crippen molar-refractivity contribution in [1.82, 2.24) is 5.32 Å². The SMILES string of the molecule is C[C@]12CC[C@@H]3c4ccc(O)cc4[C@@H](NC(=O)COCC(=O)O)C[C@H]3[C@@H]1C[C@@H](O)[C@@H]2O. The van der Waals surface area contributed by atoms with E-state index in [9.17, 15) is 24.9 Å². The zero-order valence-electron chi connectivity index (χ0n) is 17.0. The van der Waals surface area contributed by atoms with Crippen molar-refractivity contribution in [2.45, 2.75) is 56.8 Å². The molecule has 4 rings (SSSR count). The van der Waals surface area contributed by atoms with Gasteiger partial charge in [0.15, 0.2) is 0 Å². The third kappa shape index (κ3) is 3.57. The molecule has 3 aliphatic carbocycles. The van der Waals surface area contributed by atoms with Crippen LogP contribution in [0.25, 0.3) is 0 Å². The zero-order chi connectivity index (χ0) is 21.6. The summed E-state index contributed by atoms with van der Waals surface area (Å²) in [6, 6.07) is 4.89. The van der Waals surface area contributed by atoms with E-state index in [1.807, 2.05) is 6.07 Å². The van der Waals surface area contributed by atoms with Crippen LogP contribution in [0.2, 0.25) is 0 Å². The standard InChI is InChI=1S/C22H29NO7/c1-22-5-4-13-12-3-2-11(24)6-15(12)17(23-19(26)9-30-10-20(27)28)7-14(13)16(22)8-18(25)21(22)29/h2-3,6,13-14,16-18,21,24-25,29H,4-5,7-10H2,1H3,(H,23,26)(H,27,28)/t13-,14-,16+,17+,18-,21+,22+/m1/s1. The summed E-state index contributed by atoms with van der Waals surface area (Å²) < 4.78 is 4.90. The molecule has 2 fully saturated rings. The predicted molar refractivity (Wildman–Crippen MR) is 106 cm³/mol. The van der Waals surface area contributed by atoms with E-state index in [-0.39, 0.29) is 41.6 Å². The topological polar surface area (TPSA) is 136 Å². The maximum absolute atomic E-state index is 12.4. The molecule has 0 spiro atoms. The molecule has 0 bridgehead atoms. The van der Waals surface area contributed by atoms with Crippen LogP contribution in [0.15, 0.2) is 18.2 Å². The highest BCUT2D eigenvalue weighted by molar-refractivity contribution is 5.78. The average molecular weight is 419 g/mol. The number of phenolic OH excluding ortho intramolecular Hbond substituents is 1. The van der Waals surface area contributed by atoms with Gasteiger partial charge in [-0.2, -0.15) is 0 Å². The molecule has 0 radical (unpaired) electrons. The number of ether oxygens (including phenoxy) is 1. The van der Waals surface area contributed by atoms with E-state index in [2.05, 4.69) is 12.2 Å². The van der Waals surface area contributed by atoms with Gasteiger partial charge in [-0.3, -0.25) is 4.79 Å². The molecule has 0 saturated heterocycles. The lowest BCUT2D eigenvalue weighted by Crippen LogP contribution is -2.47. The van der Waals surface area contributed by atoms with Crippen LogP contribution >= 0.6 is 0 Å². The number of carboxylic acids is 1. The van der Waals surface area contributed by atoms with Gasteiger partial charge in [0.25, 0.3) is 0 Å². The largest absolute Gasteiger partial charge is 0.508 e. The Morgan fingerprint density at radius 2 is 1.97 bits per heavy atom. The average Bonchev–Trinajstić information content (AvgIpc) is 2.92. The van der Waals surface area contributed by atoms with E-state index < -0.39 is 30.7 Å². The van der Waals surface area contributed by atoms with Gasteiger partial charge in [-0.1, -0.05) is 13.0 Å². The van der Waals surface area contributed by atoms with Crippen LogP contribution in [0.4, 0.5) is 0 Å². The molecule has 8 heteroatoms. The number of benzene rings is 1. The van der Waals surface area contributed by atoms with Crippen molar-refractivity contribution in [3.63, 3.8) is 0 Å². The number of carbonyl (C=O) groups is 2. The molecule has 0 aliphatic heterocycles. The molecule has 3 aliphatic rings. The number of phenols is 1. The molecule has 2 saturated carbocycles. The van der Waals surface area contributed by atoms with Gasteiger partial charge < -0.3 is 30.5 Å². The smallest absolute Gasteiger partial charge is 0.329 e. The van der Waals surface area contributed by atoms with E-state index >= 15 is 0 Å². The fourth-order valence-corrected chi connectivity index (χ4v) is 6.19. The normalized spacial score (nSPS) is 37.0. The van der Waals surface area contributed by atoms with Gasteiger partial charge in [0, 0.05) is 0 Å². The number of amides is 1. The summed E-state index contributed by atoms with van der Waals surface area (Å²) in [5, 5.41) is 42.6. The molecular weight excluding hydrogens is 390 g/mol. The van der Waals surface area contributed by atoms with Crippen molar-refractivity contribution in [3.05, 3.63) is 29.3 Å². The van der Waals surface area contributed by atoms with Crippen molar-refractivity contribution in [3.8, 4) is 5.75 Å². The molecular formula is C22H29NO7. The minimum absolute atomic E-state index is 0.126. The summed E-state index contributed by atoms with van der Waals surface area (Å²) in [7, 11) is 0. The molecule has 0 heterocycles. The van der Waals surface area contributed by atoms with Crippen molar-refractivity contribution < 1.29 is 34.8 Å². The maximum Gasteiger partial charge on any atom is 0.329 e. The zero-order valence-corrected chi connectivity index (χ0v) is 17.0. The summed E-state index contributed by atoms with van der Waals surface area (Å²) in [4.78, 5) is 23.0. The number of aliphatic carboxylic acids is 1. The first-order valence-electron chi connectivity index (χ1n) is 10.5. The lowest BCUT2D eigenvalue weighted by Gasteiger charge is -2.51. The Morgan fingerprint density at radius 1 is 1.20 bits per heavy atom. The minimum Gasteiger partial charge on any atom is -0.508 e. The van der Waals surface area contributed by atoms with Gasteiger partial charge in [0.05, 0.1) is 18.2 Å². The van der Waals surface area contributed by atoms with Gasteiger partial charge in [-0.15, -0.1) is 0 Å². The number of aliphatic hydroxyl groups is 2. The number of fused-ring (bicyclic) bond motifs is 5. The lowest BCUT2D eigenvalue weighted by molar-refractivity contribution is -0.143. The molecule has 0 aromatic heterocycles. The van der Waals surface area contributed by atoms with Crippen LogP contribution < -0.4 is 5.32 Å². The van der Waals surface area contributed by atoms with E-state index in [0.29, 0.717) is 12.8 Å². The summed E-state index contributed by atoms with van der Waals surface area (Å²) >= 11 is 0. The molecule has 0 unspecified atom stereocenters. The number of hydrogen-bond acceptors (Lipinski definition) is 6. The van der Waals surface area contributed by atoms with E-state index in [4.69, 9.17) is 9.84 Å². The summed E-state index contributed by atoms with van der Waals surface area (Å²) in [6.07, 6.45) is 1.37. The van der Waals surface area contributed by atoms with E-state index in [1.165, 1.54) is 0 Å². The number of hydrogen-bond donors (Lipinski definition) is 5. The number of carboxylic acid groups (broad SMARTS) is 1. The number of carbonyl (C=O) groups excluding carboxylic acids is 1. The molecule has 164 valence electrons. The second kappa shape index (κ2) is 7.83. The predicted octanol–water partition coefficient (Wildman–Crippen LogP) is 1.30. The van der Waals surface area contributed by atoms with Crippen molar-refractivity contribution >= 4 is 11.9 Å². The highest BCUT2D eigenvalue weighted by Gasteiger charge is 2.58. The van der Waals surface area contributed by atoms with Crippen LogP contribution in [-0.4, -0.2) is 57.7 Å². The Hall–Kier alpha value is -2.16. The fourth-order valence-electron chi connectivity index (χ4n) is 6.19. The first-order valence-corrected chi connectivity index (χ1v) is 10.5. The van der Waals surface area contributed by atoms with Crippen molar-refractivity contribution in [2.75, 3.05) is 13.2 Å².